The van der Waals surface area contributed by atoms with Gasteiger partial charge < -0.3 is 9.64 Å². The van der Waals surface area contributed by atoms with E-state index in [4.69, 9.17) is 74.3 Å². The molecular formula is C31H26Cl6N2O5. The van der Waals surface area contributed by atoms with Crippen LogP contribution < -0.4 is 14.5 Å². The van der Waals surface area contributed by atoms with Crippen molar-refractivity contribution in [2.24, 2.45) is 17.8 Å². The minimum Gasteiger partial charge on any atom is -0.426 e. The Morgan fingerprint density at radius 1 is 0.909 bits per heavy atom. The maximum atomic E-state index is 13.7. The second-order valence-corrected chi connectivity index (χ2v) is 14.8. The number of benzene rings is 2. The van der Waals surface area contributed by atoms with Gasteiger partial charge >= 0.3 is 5.97 Å². The van der Waals surface area contributed by atoms with Gasteiger partial charge in [0.25, 0.3) is 0 Å². The van der Waals surface area contributed by atoms with Gasteiger partial charge in [0, 0.05) is 18.7 Å². The van der Waals surface area contributed by atoms with Crippen LogP contribution in [0, 0.1) is 24.7 Å². The Labute approximate surface area is 284 Å². The Morgan fingerprint density at radius 2 is 1.45 bits per heavy atom. The number of hydrogen-bond donors (Lipinski definition) is 0. The van der Waals surface area contributed by atoms with Crippen LogP contribution >= 0.6 is 69.6 Å². The fourth-order valence-corrected chi connectivity index (χ4v) is 9.95. The van der Waals surface area contributed by atoms with E-state index in [2.05, 4.69) is 0 Å². The third kappa shape index (κ3) is 4.02. The molecule has 2 heterocycles. The third-order valence-corrected chi connectivity index (χ3v) is 13.5. The van der Waals surface area contributed by atoms with Crippen molar-refractivity contribution < 1.29 is 23.9 Å². The van der Waals surface area contributed by atoms with Crippen LogP contribution in [0.25, 0.3) is 0 Å². The molecular weight excluding hydrogens is 693 g/mol. The van der Waals surface area contributed by atoms with Gasteiger partial charge in [-0.2, -0.15) is 0 Å². The SMILES string of the molecule is CCc1cccc(CC)c1N1C[C@@H](C(=O)Oc2ccc(N3C(=O)[C@@H]4[C@H](C3=O)[C@@]3(Cl)C(Cl)=C(Cl)[C@@]4(Cl)C3(Cl)Cl)c(C)c2)CC1=O. The number of imide groups is 1. The number of halogens is 6. The smallest absolute Gasteiger partial charge is 0.316 e. The van der Waals surface area contributed by atoms with Crippen molar-refractivity contribution >= 4 is 105 Å². The van der Waals surface area contributed by atoms with Gasteiger partial charge in [-0.1, -0.05) is 78.5 Å². The van der Waals surface area contributed by atoms with E-state index in [-0.39, 0.29) is 40.4 Å². The van der Waals surface area contributed by atoms with E-state index in [1.165, 1.54) is 18.2 Å². The summed E-state index contributed by atoms with van der Waals surface area (Å²) < 4.78 is 3.65. The zero-order valence-electron chi connectivity index (χ0n) is 23.7. The first-order valence-corrected chi connectivity index (χ1v) is 16.4. The molecule has 3 amide bonds. The number of anilines is 2. The van der Waals surface area contributed by atoms with E-state index in [1.807, 2.05) is 32.0 Å². The summed E-state index contributed by atoms with van der Waals surface area (Å²) in [5, 5.41) is -0.339. The fourth-order valence-electron chi connectivity index (χ4n) is 7.02. The number of para-hydroxylation sites is 1. The zero-order valence-corrected chi connectivity index (χ0v) is 28.3. The number of hydrogen-bond acceptors (Lipinski definition) is 5. The van der Waals surface area contributed by atoms with Crippen LogP contribution in [0.15, 0.2) is 46.5 Å². The first-order valence-electron chi connectivity index (χ1n) is 14.1. The Bertz CT molecular complexity index is 1620. The number of carbonyl (C=O) groups excluding carboxylic acids is 4. The molecule has 3 fully saturated rings. The maximum absolute atomic E-state index is 13.7. The van der Waals surface area contributed by atoms with E-state index in [0.29, 0.717) is 5.56 Å². The first kappa shape index (κ1) is 32.0. The Morgan fingerprint density at radius 3 is 1.95 bits per heavy atom. The number of ether oxygens (including phenoxy) is 1. The minimum atomic E-state index is -2.02. The summed E-state index contributed by atoms with van der Waals surface area (Å²) in [7, 11) is 0. The topological polar surface area (TPSA) is 84.0 Å². The first-order chi connectivity index (χ1) is 20.7. The highest BCUT2D eigenvalue weighted by molar-refractivity contribution is 6.67. The van der Waals surface area contributed by atoms with Crippen LogP contribution in [0.4, 0.5) is 11.4 Å². The minimum absolute atomic E-state index is 0.0266. The average Bonchev–Trinajstić information content (AvgIpc) is 3.57. The van der Waals surface area contributed by atoms with Crippen molar-refractivity contribution in [3.8, 4) is 5.75 Å². The lowest BCUT2D eigenvalue weighted by atomic mass is 9.84. The lowest BCUT2D eigenvalue weighted by Crippen LogP contribution is -2.50. The number of rotatable bonds is 6. The molecule has 7 nitrogen and oxygen atoms in total. The summed E-state index contributed by atoms with van der Waals surface area (Å²) >= 11 is 39.5. The molecule has 2 bridgehead atoms. The maximum Gasteiger partial charge on any atom is 0.316 e. The highest BCUT2D eigenvalue weighted by Gasteiger charge is 2.87. The van der Waals surface area contributed by atoms with Gasteiger partial charge in [0.1, 0.15) is 15.5 Å². The van der Waals surface area contributed by atoms with Crippen LogP contribution in [0.5, 0.6) is 5.75 Å². The molecule has 0 radical (unpaired) electrons. The molecule has 2 aromatic carbocycles. The molecule has 4 aliphatic rings. The van der Waals surface area contributed by atoms with Crippen molar-refractivity contribution in [3.05, 3.63) is 63.2 Å². The molecule has 1 saturated carbocycles. The summed E-state index contributed by atoms with van der Waals surface area (Å²) in [6, 6.07) is 10.5. The van der Waals surface area contributed by atoms with Crippen molar-refractivity contribution in [1.29, 1.82) is 0 Å². The van der Waals surface area contributed by atoms with Crippen LogP contribution in [0.1, 0.15) is 37.0 Å². The largest absolute Gasteiger partial charge is 0.426 e. The second kappa shape index (κ2) is 10.8. The van der Waals surface area contributed by atoms with E-state index < -0.39 is 49.6 Å². The zero-order chi connectivity index (χ0) is 32.1. The molecule has 2 aliphatic carbocycles. The molecule has 44 heavy (non-hydrogen) atoms. The number of allylic oxidation sites excluding steroid dienone is 2. The number of esters is 1. The summed E-state index contributed by atoms with van der Waals surface area (Å²) in [4.78, 5) is 52.5. The number of aryl methyl sites for hydroxylation is 3. The highest BCUT2D eigenvalue weighted by Crippen LogP contribution is 2.77. The molecule has 0 unspecified atom stereocenters. The summed E-state index contributed by atoms with van der Waals surface area (Å²) in [5.41, 5.74) is 3.65. The number of nitrogens with zero attached hydrogens (tertiary/aromatic N) is 2. The second-order valence-electron chi connectivity index (χ2n) is 11.5. The predicted octanol–water partition coefficient (Wildman–Crippen LogP) is 7.03. The molecule has 5 atom stereocenters. The molecule has 2 saturated heterocycles. The highest BCUT2D eigenvalue weighted by atomic mass is 35.5. The molecule has 6 rings (SSSR count). The summed E-state index contributed by atoms with van der Waals surface area (Å²) in [6.45, 7) is 5.92. The van der Waals surface area contributed by atoms with Crippen molar-refractivity contribution in [1.82, 2.24) is 0 Å². The van der Waals surface area contributed by atoms with Gasteiger partial charge in [-0.25, -0.2) is 4.90 Å². The quantitative estimate of drug-likeness (QED) is 0.139. The average molecular weight is 719 g/mol. The molecule has 2 aromatic rings. The van der Waals surface area contributed by atoms with Gasteiger partial charge in [0.05, 0.1) is 33.5 Å². The van der Waals surface area contributed by atoms with E-state index in [1.54, 1.807) is 11.8 Å². The molecule has 0 aromatic heterocycles. The number of amides is 3. The van der Waals surface area contributed by atoms with E-state index in [9.17, 15) is 19.2 Å². The number of alkyl halides is 4. The Hall–Kier alpha value is -2.00. The van der Waals surface area contributed by atoms with Gasteiger partial charge in [-0.3, -0.25) is 19.2 Å². The molecule has 0 N–H and O–H groups in total. The summed E-state index contributed by atoms with van der Waals surface area (Å²) in [6.07, 6.45) is 1.53. The predicted molar refractivity (Wildman–Crippen MR) is 172 cm³/mol. The van der Waals surface area contributed by atoms with Crippen LogP contribution in [-0.2, 0) is 32.0 Å². The lowest BCUT2D eigenvalue weighted by Gasteiger charge is -2.34. The van der Waals surface area contributed by atoms with Crippen LogP contribution in [0.2, 0.25) is 0 Å². The third-order valence-electron chi connectivity index (χ3n) is 9.23. The molecule has 0 spiro atoms. The Balaban J connectivity index is 1.22. The number of fused-ring (bicyclic) bond motifs is 5. The molecule has 13 heteroatoms. The van der Waals surface area contributed by atoms with E-state index >= 15 is 0 Å². The Kier molecular flexibility index (Phi) is 7.83. The monoisotopic (exact) mass is 716 g/mol. The van der Waals surface area contributed by atoms with E-state index in [0.717, 1.165) is 34.6 Å². The fraction of sp³-hybridized carbons (Fsp3) is 0.419. The van der Waals surface area contributed by atoms with Gasteiger partial charge in [-0.15, -0.1) is 23.2 Å². The summed E-state index contributed by atoms with van der Waals surface area (Å²) in [5.74, 6) is -5.04. The van der Waals surface area contributed by atoms with Crippen molar-refractivity contribution in [2.75, 3.05) is 16.3 Å². The van der Waals surface area contributed by atoms with Crippen LogP contribution in [-0.4, -0.2) is 44.3 Å². The van der Waals surface area contributed by atoms with Crippen molar-refractivity contribution in [2.45, 2.75) is 54.1 Å². The standard InChI is InChI=1S/C31H26Cl6N2O5/c1-4-15-7-6-8-16(5-2)23(15)38-13-17(12-20(38)40)28(43)44-18-9-10-19(14(3)11-18)39-26(41)21-22(27(39)42)30(35)25(33)24(32)29(21,34)31(30,36)37/h6-11,17,21-22H,4-5,12-13H2,1-3H3/t17-,21-,22+,29+,30+/m0/s1. The van der Waals surface area contributed by atoms with Gasteiger partial charge in [0.2, 0.25) is 17.7 Å². The van der Waals surface area contributed by atoms with Crippen LogP contribution in [0.3, 0.4) is 0 Å². The lowest BCUT2D eigenvalue weighted by molar-refractivity contribution is -0.139. The number of carbonyl (C=O) groups is 4. The molecule has 232 valence electrons. The van der Waals surface area contributed by atoms with Gasteiger partial charge in [-0.05, 0) is 54.7 Å². The normalized spacial score (nSPS) is 30.6. The van der Waals surface area contributed by atoms with Crippen molar-refractivity contribution in [3.63, 3.8) is 0 Å². The van der Waals surface area contributed by atoms with Gasteiger partial charge in [0.15, 0.2) is 4.33 Å². The molecule has 2 aliphatic heterocycles.